The van der Waals surface area contributed by atoms with Gasteiger partial charge in [0.05, 0.1) is 21.2 Å². The Morgan fingerprint density at radius 2 is 1.68 bits per heavy atom. The van der Waals surface area contributed by atoms with Crippen LogP contribution in [0.5, 0.6) is 0 Å². The van der Waals surface area contributed by atoms with Gasteiger partial charge in [-0.15, -0.1) is 0 Å². The van der Waals surface area contributed by atoms with Gasteiger partial charge in [0, 0.05) is 49.9 Å². The van der Waals surface area contributed by atoms with Crippen LogP contribution in [0.25, 0.3) is 10.9 Å². The van der Waals surface area contributed by atoms with Crippen LogP contribution in [0.2, 0.25) is 5.02 Å². The molecule has 0 radical (unpaired) electrons. The number of halogens is 2. The molecule has 3 aromatic carbocycles. The molecule has 196 valence electrons. The summed E-state index contributed by atoms with van der Waals surface area (Å²) < 4.78 is 39.8. The van der Waals surface area contributed by atoms with Gasteiger partial charge in [0.2, 0.25) is 0 Å². The Morgan fingerprint density at radius 3 is 2.47 bits per heavy atom. The lowest BCUT2D eigenvalue weighted by Gasteiger charge is -2.22. The summed E-state index contributed by atoms with van der Waals surface area (Å²) in [4.78, 5) is 21.7. The van der Waals surface area contributed by atoms with Crippen molar-refractivity contribution in [1.29, 1.82) is 0 Å². The number of para-hydroxylation sites is 1. The summed E-state index contributed by atoms with van der Waals surface area (Å²) in [6, 6.07) is 20.3. The SMILES string of the molecule is O=C(c1ccc(CS(=O)(=O)c2cccc3cccnc23)cc1)N1CCCN(Cc2ccc(F)c(Cl)c2)CC1. The number of nitrogens with zero attached hydrogens (tertiary/aromatic N) is 3. The summed E-state index contributed by atoms with van der Waals surface area (Å²) in [7, 11) is -3.63. The molecule has 1 fully saturated rings. The highest BCUT2D eigenvalue weighted by atomic mass is 35.5. The predicted octanol–water partition coefficient (Wildman–Crippen LogP) is 5.35. The molecule has 1 amide bonds. The molecule has 9 heteroatoms. The number of hydrogen-bond donors (Lipinski definition) is 0. The van der Waals surface area contributed by atoms with Crippen LogP contribution in [0.1, 0.15) is 27.9 Å². The second-order valence-corrected chi connectivity index (χ2v) is 11.8. The number of rotatable bonds is 6. The zero-order valence-electron chi connectivity index (χ0n) is 20.7. The molecule has 0 unspecified atom stereocenters. The smallest absolute Gasteiger partial charge is 0.253 e. The highest BCUT2D eigenvalue weighted by molar-refractivity contribution is 7.90. The van der Waals surface area contributed by atoms with Gasteiger partial charge in [-0.05, 0) is 53.9 Å². The van der Waals surface area contributed by atoms with E-state index >= 15 is 0 Å². The molecule has 5 rings (SSSR count). The van der Waals surface area contributed by atoms with E-state index in [1.807, 2.05) is 17.0 Å². The van der Waals surface area contributed by atoms with Crippen molar-refractivity contribution in [2.75, 3.05) is 26.2 Å². The van der Waals surface area contributed by atoms with Gasteiger partial charge in [-0.3, -0.25) is 14.7 Å². The van der Waals surface area contributed by atoms with Crippen molar-refractivity contribution >= 4 is 38.2 Å². The molecule has 1 saturated heterocycles. The fraction of sp³-hybridized carbons (Fsp3) is 0.241. The third-order valence-corrected chi connectivity index (χ3v) is 8.76. The molecule has 6 nitrogen and oxygen atoms in total. The van der Waals surface area contributed by atoms with E-state index in [1.165, 1.54) is 6.07 Å². The zero-order chi connectivity index (χ0) is 26.7. The first kappa shape index (κ1) is 26.3. The third-order valence-electron chi connectivity index (χ3n) is 6.75. The van der Waals surface area contributed by atoms with Gasteiger partial charge >= 0.3 is 0 Å². The van der Waals surface area contributed by atoms with Crippen molar-refractivity contribution in [2.24, 2.45) is 0 Å². The number of carbonyl (C=O) groups excluding carboxylic acids is 1. The van der Waals surface area contributed by atoms with Gasteiger partial charge in [-0.1, -0.05) is 48.0 Å². The summed E-state index contributed by atoms with van der Waals surface area (Å²) in [5.41, 5.74) is 2.52. The molecule has 4 aromatic rings. The minimum atomic E-state index is -3.63. The van der Waals surface area contributed by atoms with E-state index in [0.29, 0.717) is 42.8 Å². The lowest BCUT2D eigenvalue weighted by molar-refractivity contribution is 0.0761. The second-order valence-electron chi connectivity index (χ2n) is 9.46. The molecule has 0 spiro atoms. The third kappa shape index (κ3) is 5.88. The van der Waals surface area contributed by atoms with E-state index in [0.717, 1.165) is 23.9 Å². The standard InChI is InChI=1S/C29H27ClFN3O3S/c30-25-18-22(9-12-26(25)31)19-33-14-3-15-34(17-16-33)29(35)24-10-7-21(8-11-24)20-38(36,37)27-6-1-4-23-5-2-13-32-28(23)27/h1-2,4-13,18H,3,14-17,19-20H2. The molecule has 1 aromatic heterocycles. The van der Waals surface area contributed by atoms with E-state index in [1.54, 1.807) is 60.8 Å². The summed E-state index contributed by atoms with van der Waals surface area (Å²) in [5, 5.41) is 0.881. The highest BCUT2D eigenvalue weighted by Gasteiger charge is 2.22. The Balaban J connectivity index is 1.23. The van der Waals surface area contributed by atoms with Crippen molar-refractivity contribution in [3.05, 3.63) is 107 Å². The summed E-state index contributed by atoms with van der Waals surface area (Å²) in [6.45, 7) is 3.34. The van der Waals surface area contributed by atoms with Gasteiger partial charge in [0.25, 0.3) is 5.91 Å². The van der Waals surface area contributed by atoms with Crippen LogP contribution < -0.4 is 0 Å². The molecule has 0 atom stereocenters. The average Bonchev–Trinajstić information content (AvgIpc) is 3.16. The van der Waals surface area contributed by atoms with E-state index in [9.17, 15) is 17.6 Å². The molecule has 0 N–H and O–H groups in total. The van der Waals surface area contributed by atoms with E-state index in [-0.39, 0.29) is 21.6 Å². The first-order valence-corrected chi connectivity index (χ1v) is 14.4. The largest absolute Gasteiger partial charge is 0.337 e. The Morgan fingerprint density at radius 1 is 0.921 bits per heavy atom. The van der Waals surface area contributed by atoms with Crippen LogP contribution in [-0.4, -0.2) is 55.3 Å². The monoisotopic (exact) mass is 551 g/mol. The number of benzene rings is 3. The highest BCUT2D eigenvalue weighted by Crippen LogP contribution is 2.25. The number of carbonyl (C=O) groups is 1. The Hall–Kier alpha value is -3.33. The molecule has 1 aliphatic heterocycles. The fourth-order valence-electron chi connectivity index (χ4n) is 4.78. The maximum absolute atomic E-state index is 13.5. The molecule has 0 bridgehead atoms. The molecule has 1 aliphatic rings. The zero-order valence-corrected chi connectivity index (χ0v) is 22.3. The van der Waals surface area contributed by atoms with Crippen LogP contribution in [0.15, 0.2) is 83.9 Å². The second kappa shape index (κ2) is 11.2. The number of hydrogen-bond acceptors (Lipinski definition) is 5. The van der Waals surface area contributed by atoms with Gasteiger partial charge in [0.15, 0.2) is 9.84 Å². The topological polar surface area (TPSA) is 70.6 Å². The first-order chi connectivity index (χ1) is 18.3. The number of aromatic nitrogens is 1. The first-order valence-electron chi connectivity index (χ1n) is 12.4. The van der Waals surface area contributed by atoms with Crippen LogP contribution in [0, 0.1) is 5.82 Å². The molecular weight excluding hydrogens is 525 g/mol. The fourth-order valence-corrected chi connectivity index (χ4v) is 6.52. The summed E-state index contributed by atoms with van der Waals surface area (Å²) in [6.07, 6.45) is 2.40. The van der Waals surface area contributed by atoms with Crippen molar-refractivity contribution in [1.82, 2.24) is 14.8 Å². The normalized spacial score (nSPS) is 14.9. The molecule has 0 aliphatic carbocycles. The number of pyridine rings is 1. The number of fused-ring (bicyclic) bond motifs is 1. The lowest BCUT2D eigenvalue weighted by Crippen LogP contribution is -2.35. The Kier molecular flexibility index (Phi) is 7.74. The van der Waals surface area contributed by atoms with Crippen molar-refractivity contribution in [2.45, 2.75) is 23.6 Å². The van der Waals surface area contributed by atoms with E-state index < -0.39 is 15.7 Å². The maximum Gasteiger partial charge on any atom is 0.253 e. The van der Waals surface area contributed by atoms with Crippen LogP contribution in [0.4, 0.5) is 4.39 Å². The Labute approximate surface area is 226 Å². The van der Waals surface area contributed by atoms with E-state index in [4.69, 9.17) is 11.6 Å². The predicted molar refractivity (Wildman–Crippen MR) is 146 cm³/mol. The number of amides is 1. The maximum atomic E-state index is 13.5. The van der Waals surface area contributed by atoms with Crippen molar-refractivity contribution < 1.29 is 17.6 Å². The van der Waals surface area contributed by atoms with Crippen molar-refractivity contribution in [3.63, 3.8) is 0 Å². The number of sulfone groups is 1. The van der Waals surface area contributed by atoms with Crippen molar-refractivity contribution in [3.8, 4) is 0 Å². The van der Waals surface area contributed by atoms with Gasteiger partial charge in [-0.25, -0.2) is 12.8 Å². The summed E-state index contributed by atoms with van der Waals surface area (Å²) >= 11 is 5.91. The van der Waals surface area contributed by atoms with Crippen LogP contribution in [-0.2, 0) is 22.1 Å². The minimum absolute atomic E-state index is 0.0793. The minimum Gasteiger partial charge on any atom is -0.337 e. The molecule has 0 saturated carbocycles. The van der Waals surface area contributed by atoms with Gasteiger partial charge in [0.1, 0.15) is 5.82 Å². The molecule has 38 heavy (non-hydrogen) atoms. The van der Waals surface area contributed by atoms with Gasteiger partial charge < -0.3 is 4.90 Å². The molecular formula is C29H27ClFN3O3S. The van der Waals surface area contributed by atoms with Crippen LogP contribution >= 0.6 is 11.6 Å². The average molecular weight is 552 g/mol. The van der Waals surface area contributed by atoms with E-state index in [2.05, 4.69) is 9.88 Å². The van der Waals surface area contributed by atoms with Gasteiger partial charge in [-0.2, -0.15) is 0 Å². The molecule has 2 heterocycles. The lowest BCUT2D eigenvalue weighted by atomic mass is 10.1. The Bertz CT molecular complexity index is 1570. The quantitative estimate of drug-likeness (QED) is 0.323. The van der Waals surface area contributed by atoms with Crippen LogP contribution in [0.3, 0.4) is 0 Å². The summed E-state index contributed by atoms with van der Waals surface area (Å²) in [5.74, 6) is -0.690.